The fraction of sp³-hybridized carbons (Fsp3) is 0.625. The van der Waals surface area contributed by atoms with Crippen LogP contribution >= 0.6 is 0 Å². The van der Waals surface area contributed by atoms with Crippen molar-refractivity contribution in [2.24, 2.45) is 0 Å². The van der Waals surface area contributed by atoms with Gasteiger partial charge < -0.3 is 14.6 Å². The molecule has 1 aromatic carbocycles. The molecular formula is C16H25NO5S. The van der Waals surface area contributed by atoms with Crippen LogP contribution in [0.2, 0.25) is 0 Å². The Kier molecular flexibility index (Phi) is 6.26. The molecular weight excluding hydrogens is 318 g/mol. The van der Waals surface area contributed by atoms with E-state index in [-0.39, 0.29) is 11.8 Å². The Morgan fingerprint density at radius 1 is 1.17 bits per heavy atom. The summed E-state index contributed by atoms with van der Waals surface area (Å²) in [5, 5.41) is 9.90. The van der Waals surface area contributed by atoms with Crippen molar-refractivity contribution >= 4 is 10.0 Å². The third kappa shape index (κ3) is 4.59. The summed E-state index contributed by atoms with van der Waals surface area (Å²) in [7, 11) is -0.333. The maximum absolute atomic E-state index is 12.3. The van der Waals surface area contributed by atoms with Crippen LogP contribution in [0.25, 0.3) is 0 Å². The van der Waals surface area contributed by atoms with Gasteiger partial charge in [-0.2, -0.15) is 0 Å². The van der Waals surface area contributed by atoms with E-state index in [0.717, 1.165) is 19.3 Å². The van der Waals surface area contributed by atoms with Gasteiger partial charge in [0.05, 0.1) is 25.6 Å². The smallest absolute Gasteiger partial charge is 0.214 e. The monoisotopic (exact) mass is 343 g/mol. The highest BCUT2D eigenvalue weighted by atomic mass is 32.2. The molecule has 0 spiro atoms. The van der Waals surface area contributed by atoms with Crippen molar-refractivity contribution in [2.45, 2.75) is 43.5 Å². The van der Waals surface area contributed by atoms with Crippen molar-refractivity contribution in [1.29, 1.82) is 0 Å². The van der Waals surface area contributed by atoms with Crippen LogP contribution in [-0.4, -0.2) is 39.5 Å². The third-order valence-electron chi connectivity index (χ3n) is 4.26. The Bertz CT molecular complexity index is 611. The number of sulfonamides is 1. The van der Waals surface area contributed by atoms with Gasteiger partial charge in [-0.1, -0.05) is 25.3 Å². The molecule has 2 rings (SSSR count). The Morgan fingerprint density at radius 3 is 2.43 bits per heavy atom. The van der Waals surface area contributed by atoms with Gasteiger partial charge in [-0.05, 0) is 30.5 Å². The normalized spacial score (nSPS) is 17.7. The number of nitrogens with one attached hydrogen (secondary N) is 1. The summed E-state index contributed by atoms with van der Waals surface area (Å²) in [6.07, 6.45) is 3.45. The van der Waals surface area contributed by atoms with Gasteiger partial charge in [0.25, 0.3) is 0 Å². The van der Waals surface area contributed by atoms with E-state index in [9.17, 15) is 13.5 Å². The first-order valence-electron chi connectivity index (χ1n) is 7.86. The second-order valence-corrected chi connectivity index (χ2v) is 7.83. The largest absolute Gasteiger partial charge is 0.493 e. The van der Waals surface area contributed by atoms with E-state index in [1.165, 1.54) is 14.2 Å². The predicted molar refractivity (Wildman–Crippen MR) is 88.3 cm³/mol. The maximum atomic E-state index is 12.3. The van der Waals surface area contributed by atoms with Gasteiger partial charge in [0.1, 0.15) is 0 Å². The number of benzene rings is 1. The molecule has 1 aliphatic rings. The highest BCUT2D eigenvalue weighted by molar-refractivity contribution is 7.90. The van der Waals surface area contributed by atoms with Gasteiger partial charge in [0.2, 0.25) is 10.0 Å². The Balaban J connectivity index is 2.00. The summed E-state index contributed by atoms with van der Waals surface area (Å²) in [6, 6.07) is 5.03. The number of methoxy groups -OCH3 is 2. The lowest BCUT2D eigenvalue weighted by Gasteiger charge is -2.23. The van der Waals surface area contributed by atoms with Crippen molar-refractivity contribution in [3.8, 4) is 11.5 Å². The quantitative estimate of drug-likeness (QED) is 0.791. The lowest BCUT2D eigenvalue weighted by atomic mass is 10.0. The average molecular weight is 343 g/mol. The second kappa shape index (κ2) is 7.99. The fourth-order valence-electron chi connectivity index (χ4n) is 2.87. The van der Waals surface area contributed by atoms with Crippen LogP contribution in [0.15, 0.2) is 18.2 Å². The molecule has 0 radical (unpaired) electrons. The molecule has 7 heteroatoms. The molecule has 1 aliphatic carbocycles. The van der Waals surface area contributed by atoms with Crippen LogP contribution in [0.1, 0.15) is 43.8 Å². The summed E-state index contributed by atoms with van der Waals surface area (Å²) in [5.41, 5.74) is 0.578. The molecule has 1 aromatic rings. The van der Waals surface area contributed by atoms with Gasteiger partial charge in [-0.15, -0.1) is 0 Å². The van der Waals surface area contributed by atoms with Crippen LogP contribution in [0, 0.1) is 0 Å². The van der Waals surface area contributed by atoms with Gasteiger partial charge >= 0.3 is 0 Å². The molecule has 23 heavy (non-hydrogen) atoms. The van der Waals surface area contributed by atoms with Crippen molar-refractivity contribution in [3.63, 3.8) is 0 Å². The highest BCUT2D eigenvalue weighted by Crippen LogP contribution is 2.30. The van der Waals surface area contributed by atoms with E-state index in [0.29, 0.717) is 29.9 Å². The third-order valence-corrected chi connectivity index (χ3v) is 6.18. The summed E-state index contributed by atoms with van der Waals surface area (Å²) < 4.78 is 37.4. The molecule has 0 aliphatic heterocycles. The van der Waals surface area contributed by atoms with E-state index in [2.05, 4.69) is 4.72 Å². The average Bonchev–Trinajstić information content (AvgIpc) is 2.59. The molecule has 1 unspecified atom stereocenters. The number of hydrogen-bond donors (Lipinski definition) is 2. The van der Waals surface area contributed by atoms with E-state index >= 15 is 0 Å². The molecule has 1 atom stereocenters. The molecule has 0 heterocycles. The summed E-state index contributed by atoms with van der Waals surface area (Å²) >= 11 is 0. The Morgan fingerprint density at radius 2 is 1.83 bits per heavy atom. The summed E-state index contributed by atoms with van der Waals surface area (Å²) in [4.78, 5) is 0. The van der Waals surface area contributed by atoms with E-state index in [4.69, 9.17) is 9.47 Å². The first kappa shape index (κ1) is 18.0. The highest BCUT2D eigenvalue weighted by Gasteiger charge is 2.27. The number of rotatable bonds is 7. The SMILES string of the molecule is COc1ccc(C(O)CNS(=O)(=O)C2CCCCC2)cc1OC. The first-order valence-corrected chi connectivity index (χ1v) is 9.41. The van der Waals surface area contributed by atoms with Gasteiger partial charge in [0.15, 0.2) is 11.5 Å². The Hall–Kier alpha value is -1.31. The number of hydrogen-bond acceptors (Lipinski definition) is 5. The topological polar surface area (TPSA) is 84.9 Å². The van der Waals surface area contributed by atoms with E-state index in [1.807, 2.05) is 0 Å². The van der Waals surface area contributed by atoms with Gasteiger partial charge in [-0.25, -0.2) is 13.1 Å². The second-order valence-electron chi connectivity index (χ2n) is 5.78. The first-order chi connectivity index (χ1) is 11.0. The van der Waals surface area contributed by atoms with Gasteiger partial charge in [-0.3, -0.25) is 0 Å². The molecule has 6 nitrogen and oxygen atoms in total. The maximum Gasteiger partial charge on any atom is 0.214 e. The minimum absolute atomic E-state index is 0.0473. The fourth-order valence-corrected chi connectivity index (χ4v) is 4.45. The summed E-state index contributed by atoms with van der Waals surface area (Å²) in [6.45, 7) is -0.0473. The molecule has 130 valence electrons. The minimum Gasteiger partial charge on any atom is -0.493 e. The molecule has 1 saturated carbocycles. The lowest BCUT2D eigenvalue weighted by molar-refractivity contribution is 0.181. The van der Waals surface area contributed by atoms with Crippen LogP contribution in [0.3, 0.4) is 0 Å². The van der Waals surface area contributed by atoms with Crippen LogP contribution in [0.5, 0.6) is 11.5 Å². The zero-order valence-electron chi connectivity index (χ0n) is 13.6. The van der Waals surface area contributed by atoms with Crippen molar-refractivity contribution in [2.75, 3.05) is 20.8 Å². The minimum atomic E-state index is -3.38. The van der Waals surface area contributed by atoms with Crippen LogP contribution in [-0.2, 0) is 10.0 Å². The summed E-state index contributed by atoms with van der Waals surface area (Å²) in [5.74, 6) is 1.06. The molecule has 1 fully saturated rings. The number of aliphatic hydroxyl groups is 1. The molecule has 0 saturated heterocycles. The van der Waals surface area contributed by atoms with E-state index < -0.39 is 16.1 Å². The lowest BCUT2D eigenvalue weighted by Crippen LogP contribution is -2.37. The van der Waals surface area contributed by atoms with E-state index in [1.54, 1.807) is 18.2 Å². The van der Waals surface area contributed by atoms with Gasteiger partial charge in [0, 0.05) is 6.54 Å². The van der Waals surface area contributed by atoms with Crippen LogP contribution in [0.4, 0.5) is 0 Å². The molecule has 0 aromatic heterocycles. The van der Waals surface area contributed by atoms with Crippen LogP contribution < -0.4 is 14.2 Å². The Labute approximate surface area is 137 Å². The zero-order chi connectivity index (χ0) is 16.9. The molecule has 2 N–H and O–H groups in total. The molecule has 0 amide bonds. The van der Waals surface area contributed by atoms with Crippen molar-refractivity contribution in [3.05, 3.63) is 23.8 Å². The number of ether oxygens (including phenoxy) is 2. The standard InChI is InChI=1S/C16H25NO5S/c1-21-15-9-8-12(10-16(15)22-2)14(18)11-17-23(19,20)13-6-4-3-5-7-13/h8-10,13-14,17-18H,3-7,11H2,1-2H3. The van der Waals surface area contributed by atoms with Crippen molar-refractivity contribution in [1.82, 2.24) is 4.72 Å². The zero-order valence-corrected chi connectivity index (χ0v) is 14.4. The van der Waals surface area contributed by atoms with Crippen molar-refractivity contribution < 1.29 is 23.0 Å². The molecule has 0 bridgehead atoms. The number of aliphatic hydroxyl groups excluding tert-OH is 1. The predicted octanol–water partition coefficient (Wildman–Crippen LogP) is 1.99.